The maximum atomic E-state index is 13.2. The predicted molar refractivity (Wildman–Crippen MR) is 127 cm³/mol. The lowest BCUT2D eigenvalue weighted by molar-refractivity contribution is -0.127. The molecule has 1 heterocycles. The summed E-state index contributed by atoms with van der Waals surface area (Å²) in [4.78, 5) is 15.0. The van der Waals surface area contributed by atoms with Crippen molar-refractivity contribution >= 4 is 26.7 Å². The molecule has 0 radical (unpaired) electrons. The van der Waals surface area contributed by atoms with Crippen molar-refractivity contribution in [2.75, 3.05) is 26.2 Å². The Morgan fingerprint density at radius 1 is 0.909 bits per heavy atom. The molecule has 4 rings (SSSR count). The first-order chi connectivity index (χ1) is 15.8. The zero-order valence-electron chi connectivity index (χ0n) is 18.7. The van der Waals surface area contributed by atoms with Crippen molar-refractivity contribution in [1.29, 1.82) is 0 Å². The molecule has 1 fully saturated rings. The molecule has 33 heavy (non-hydrogen) atoms. The van der Waals surface area contributed by atoms with E-state index in [2.05, 4.69) is 5.32 Å². The molecule has 1 amide bonds. The van der Waals surface area contributed by atoms with Crippen LogP contribution in [-0.4, -0.2) is 55.8 Å². The summed E-state index contributed by atoms with van der Waals surface area (Å²) in [6, 6.07) is 18.2. The van der Waals surface area contributed by atoms with Gasteiger partial charge in [-0.1, -0.05) is 42.5 Å². The lowest BCUT2D eigenvalue weighted by atomic mass is 10.1. The summed E-state index contributed by atoms with van der Waals surface area (Å²) in [5, 5.41) is 4.85. The molecule has 0 spiro atoms. The monoisotopic (exact) mass is 469 g/mol. The van der Waals surface area contributed by atoms with Crippen molar-refractivity contribution in [2.24, 2.45) is 0 Å². The van der Waals surface area contributed by atoms with Gasteiger partial charge >= 0.3 is 0 Å². The van der Waals surface area contributed by atoms with Crippen LogP contribution in [0.1, 0.15) is 25.5 Å². The normalized spacial score (nSPS) is 17.5. The van der Waals surface area contributed by atoms with Crippen LogP contribution in [0, 0.1) is 5.82 Å². The average Bonchev–Trinajstić information content (AvgIpc) is 2.83. The molecule has 3 aromatic rings. The molecule has 1 aliphatic heterocycles. The summed E-state index contributed by atoms with van der Waals surface area (Å²) in [6.07, 6.45) is 0. The number of rotatable bonds is 6. The topological polar surface area (TPSA) is 69.7 Å². The van der Waals surface area contributed by atoms with Crippen molar-refractivity contribution in [3.05, 3.63) is 78.1 Å². The van der Waals surface area contributed by atoms with Crippen molar-refractivity contribution in [1.82, 2.24) is 14.5 Å². The second-order valence-electron chi connectivity index (χ2n) is 8.41. The molecule has 6 nitrogen and oxygen atoms in total. The summed E-state index contributed by atoms with van der Waals surface area (Å²) >= 11 is 0. The molecule has 2 atom stereocenters. The van der Waals surface area contributed by atoms with Gasteiger partial charge in [0, 0.05) is 26.2 Å². The van der Waals surface area contributed by atoms with Gasteiger partial charge in [0.05, 0.1) is 17.0 Å². The van der Waals surface area contributed by atoms with E-state index in [0.29, 0.717) is 26.2 Å². The van der Waals surface area contributed by atoms with Gasteiger partial charge in [0.15, 0.2) is 0 Å². The van der Waals surface area contributed by atoms with Gasteiger partial charge in [0.25, 0.3) is 0 Å². The van der Waals surface area contributed by atoms with E-state index in [1.54, 1.807) is 24.3 Å². The molecule has 1 saturated heterocycles. The van der Waals surface area contributed by atoms with Crippen LogP contribution < -0.4 is 5.32 Å². The quantitative estimate of drug-likeness (QED) is 0.600. The Bertz CT molecular complexity index is 1240. The number of carbonyl (C=O) groups excluding carboxylic acids is 1. The van der Waals surface area contributed by atoms with Crippen LogP contribution >= 0.6 is 0 Å². The Kier molecular flexibility index (Phi) is 6.78. The highest BCUT2D eigenvalue weighted by Crippen LogP contribution is 2.23. The van der Waals surface area contributed by atoms with Gasteiger partial charge in [-0.05, 0) is 54.4 Å². The largest absolute Gasteiger partial charge is 0.348 e. The van der Waals surface area contributed by atoms with Gasteiger partial charge in [-0.25, -0.2) is 12.8 Å². The number of piperazine rings is 1. The maximum absolute atomic E-state index is 13.2. The van der Waals surface area contributed by atoms with Crippen LogP contribution in [0.3, 0.4) is 0 Å². The van der Waals surface area contributed by atoms with Crippen LogP contribution in [0.5, 0.6) is 0 Å². The first kappa shape index (κ1) is 23.4. The zero-order valence-corrected chi connectivity index (χ0v) is 19.6. The van der Waals surface area contributed by atoms with Gasteiger partial charge in [-0.15, -0.1) is 0 Å². The minimum atomic E-state index is -3.61. The fourth-order valence-corrected chi connectivity index (χ4v) is 5.60. The summed E-state index contributed by atoms with van der Waals surface area (Å²) in [6.45, 7) is 5.24. The number of fused-ring (bicyclic) bond motifs is 1. The third kappa shape index (κ3) is 5.08. The lowest BCUT2D eigenvalue weighted by Gasteiger charge is -2.37. The second kappa shape index (κ2) is 9.59. The number of hydrogen-bond donors (Lipinski definition) is 1. The molecule has 174 valence electrons. The number of benzene rings is 3. The van der Waals surface area contributed by atoms with Gasteiger partial charge in [-0.2, -0.15) is 4.31 Å². The molecule has 8 heteroatoms. The first-order valence-electron chi connectivity index (χ1n) is 11.0. The van der Waals surface area contributed by atoms with Crippen molar-refractivity contribution < 1.29 is 17.6 Å². The number of sulfonamides is 1. The molecular formula is C25H28FN3O3S. The summed E-state index contributed by atoms with van der Waals surface area (Å²) in [7, 11) is -3.61. The van der Waals surface area contributed by atoms with Gasteiger partial charge in [-0.3, -0.25) is 9.69 Å². The molecule has 0 saturated carbocycles. The smallest absolute Gasteiger partial charge is 0.243 e. The molecular weight excluding hydrogens is 441 g/mol. The Balaban J connectivity index is 1.37. The van der Waals surface area contributed by atoms with Crippen molar-refractivity contribution in [3.8, 4) is 0 Å². The molecule has 1 N–H and O–H groups in total. The van der Waals surface area contributed by atoms with Gasteiger partial charge in [0.2, 0.25) is 15.9 Å². The highest BCUT2D eigenvalue weighted by Gasteiger charge is 2.32. The van der Waals surface area contributed by atoms with E-state index in [1.807, 2.05) is 49.1 Å². The minimum absolute atomic E-state index is 0.141. The van der Waals surface area contributed by atoms with Crippen LogP contribution in [0.2, 0.25) is 0 Å². The van der Waals surface area contributed by atoms with Gasteiger partial charge < -0.3 is 5.32 Å². The summed E-state index contributed by atoms with van der Waals surface area (Å²) in [5.41, 5.74) is 0.822. The third-order valence-electron chi connectivity index (χ3n) is 6.29. The Labute approximate surface area is 194 Å². The van der Waals surface area contributed by atoms with E-state index in [1.165, 1.54) is 16.4 Å². The van der Waals surface area contributed by atoms with E-state index in [0.717, 1.165) is 16.3 Å². The molecule has 0 aromatic heterocycles. The standard InChI is InChI=1S/C25H28FN3O3S/c1-18(20-7-10-23(26)11-8-20)27-25(30)19(2)28-13-15-29(16-14-28)33(31,32)24-12-9-21-5-3-4-6-22(21)17-24/h3-12,17-19H,13-16H2,1-2H3,(H,27,30). The van der Waals surface area contributed by atoms with E-state index in [9.17, 15) is 17.6 Å². The van der Waals surface area contributed by atoms with Crippen molar-refractivity contribution in [3.63, 3.8) is 0 Å². The van der Waals surface area contributed by atoms with Crippen molar-refractivity contribution in [2.45, 2.75) is 30.8 Å². The Morgan fingerprint density at radius 2 is 1.55 bits per heavy atom. The van der Waals surface area contributed by atoms with Gasteiger partial charge in [0.1, 0.15) is 5.82 Å². The third-order valence-corrected chi connectivity index (χ3v) is 8.18. The van der Waals surface area contributed by atoms with Crippen LogP contribution in [0.4, 0.5) is 4.39 Å². The minimum Gasteiger partial charge on any atom is -0.348 e. The summed E-state index contributed by atoms with van der Waals surface area (Å²) in [5.74, 6) is -0.459. The molecule has 1 aliphatic rings. The number of amides is 1. The molecule has 2 unspecified atom stereocenters. The Morgan fingerprint density at radius 3 is 2.21 bits per heavy atom. The number of nitrogens with one attached hydrogen (secondary N) is 1. The fourth-order valence-electron chi connectivity index (χ4n) is 4.14. The second-order valence-corrected chi connectivity index (χ2v) is 10.3. The molecule has 0 aliphatic carbocycles. The van der Waals surface area contributed by atoms with E-state index < -0.39 is 16.1 Å². The van der Waals surface area contributed by atoms with Crippen LogP contribution in [0.15, 0.2) is 71.6 Å². The van der Waals surface area contributed by atoms with E-state index in [-0.39, 0.29) is 22.7 Å². The number of hydrogen-bond acceptors (Lipinski definition) is 4. The highest BCUT2D eigenvalue weighted by molar-refractivity contribution is 7.89. The number of nitrogens with zero attached hydrogens (tertiary/aromatic N) is 2. The number of carbonyl (C=O) groups is 1. The van der Waals surface area contributed by atoms with E-state index in [4.69, 9.17) is 0 Å². The first-order valence-corrected chi connectivity index (χ1v) is 12.5. The predicted octanol–water partition coefficient (Wildman–Crippen LogP) is 3.55. The average molecular weight is 470 g/mol. The summed E-state index contributed by atoms with van der Waals surface area (Å²) < 4.78 is 41.0. The van der Waals surface area contributed by atoms with E-state index >= 15 is 0 Å². The lowest BCUT2D eigenvalue weighted by Crippen LogP contribution is -2.55. The van der Waals surface area contributed by atoms with Crippen LogP contribution in [0.25, 0.3) is 10.8 Å². The highest BCUT2D eigenvalue weighted by atomic mass is 32.2. The van der Waals surface area contributed by atoms with Crippen LogP contribution in [-0.2, 0) is 14.8 Å². The maximum Gasteiger partial charge on any atom is 0.243 e. The molecule has 0 bridgehead atoms. The number of halogens is 1. The zero-order chi connectivity index (χ0) is 23.6. The fraction of sp³-hybridized carbons (Fsp3) is 0.320. The SMILES string of the molecule is CC(NC(=O)C(C)N1CCN(S(=O)(=O)c2ccc3ccccc3c2)CC1)c1ccc(F)cc1. The molecule has 3 aromatic carbocycles. The Hall–Kier alpha value is -2.81.